The van der Waals surface area contributed by atoms with Crippen LogP contribution >= 0.6 is 11.6 Å². The molecule has 1 atom stereocenters. The maximum atomic E-state index is 6.09. The summed E-state index contributed by atoms with van der Waals surface area (Å²) in [6.07, 6.45) is 0.747. The predicted octanol–water partition coefficient (Wildman–Crippen LogP) is 3.86. The van der Waals surface area contributed by atoms with Crippen LogP contribution in [0.5, 0.6) is 0 Å². The Morgan fingerprint density at radius 3 is 2.67 bits per heavy atom. The highest BCUT2D eigenvalue weighted by molar-refractivity contribution is 6.30. The summed E-state index contributed by atoms with van der Waals surface area (Å²) >= 11 is 6.09. The fraction of sp³-hybridized carbons (Fsp3) is 0.133. The van der Waals surface area contributed by atoms with Gasteiger partial charge in [0.15, 0.2) is 0 Å². The normalized spacial score (nSPS) is 18.1. The van der Waals surface area contributed by atoms with Crippen molar-refractivity contribution in [2.45, 2.75) is 12.3 Å². The topological polar surface area (TPSA) is 38.4 Å². The van der Waals surface area contributed by atoms with Crippen LogP contribution in [0.1, 0.15) is 23.5 Å². The van der Waals surface area contributed by atoms with Gasteiger partial charge in [0.05, 0.1) is 5.69 Å². The van der Waals surface area contributed by atoms with Crippen LogP contribution in [0.2, 0.25) is 5.02 Å². The fourth-order valence-electron chi connectivity index (χ4n) is 2.41. The Balaban J connectivity index is 2.14. The van der Waals surface area contributed by atoms with Gasteiger partial charge in [-0.25, -0.2) is 4.99 Å². The zero-order chi connectivity index (χ0) is 12.5. The van der Waals surface area contributed by atoms with E-state index >= 15 is 0 Å². The van der Waals surface area contributed by atoms with Crippen molar-refractivity contribution in [3.63, 3.8) is 0 Å². The van der Waals surface area contributed by atoms with Crippen molar-refractivity contribution >= 4 is 23.1 Å². The van der Waals surface area contributed by atoms with E-state index in [2.05, 4.69) is 17.1 Å². The van der Waals surface area contributed by atoms with Crippen molar-refractivity contribution in [3.8, 4) is 0 Å². The van der Waals surface area contributed by atoms with Crippen molar-refractivity contribution < 1.29 is 0 Å². The van der Waals surface area contributed by atoms with E-state index in [0.717, 1.165) is 22.7 Å². The molecule has 2 nitrogen and oxygen atoms in total. The molecule has 1 unspecified atom stereocenters. The molecule has 0 aliphatic carbocycles. The van der Waals surface area contributed by atoms with Gasteiger partial charge in [0, 0.05) is 17.4 Å². The van der Waals surface area contributed by atoms with Gasteiger partial charge >= 0.3 is 0 Å². The average molecular weight is 257 g/mol. The van der Waals surface area contributed by atoms with Crippen LogP contribution in [0.15, 0.2) is 53.5 Å². The summed E-state index contributed by atoms with van der Waals surface area (Å²) in [5.74, 6) is 0.927. The molecule has 90 valence electrons. The summed E-state index contributed by atoms with van der Waals surface area (Å²) < 4.78 is 0. The quantitative estimate of drug-likeness (QED) is 0.827. The molecule has 0 bridgehead atoms. The Labute approximate surface area is 111 Å². The van der Waals surface area contributed by atoms with E-state index in [1.165, 1.54) is 5.56 Å². The minimum atomic E-state index is 0.248. The number of aliphatic imine (C=N–C) groups is 1. The van der Waals surface area contributed by atoms with E-state index in [4.69, 9.17) is 17.3 Å². The van der Waals surface area contributed by atoms with Gasteiger partial charge in [0.25, 0.3) is 0 Å². The number of hydrogen-bond donors (Lipinski definition) is 1. The lowest BCUT2D eigenvalue weighted by Gasteiger charge is -2.23. The lowest BCUT2D eigenvalue weighted by molar-refractivity contribution is 0.834. The SMILES string of the molecule is NC1=Nc2ccc(Cl)cc2C(c2ccccc2)C1. The highest BCUT2D eigenvalue weighted by Crippen LogP contribution is 2.39. The van der Waals surface area contributed by atoms with Gasteiger partial charge < -0.3 is 5.73 Å². The Bertz CT molecular complexity index is 605. The first-order valence-electron chi connectivity index (χ1n) is 5.91. The van der Waals surface area contributed by atoms with Crippen LogP contribution in [-0.2, 0) is 0 Å². The van der Waals surface area contributed by atoms with Gasteiger partial charge in [-0.3, -0.25) is 0 Å². The van der Waals surface area contributed by atoms with Gasteiger partial charge in [-0.05, 0) is 29.3 Å². The molecule has 0 fully saturated rings. The number of nitrogens with two attached hydrogens (primary N) is 1. The summed E-state index contributed by atoms with van der Waals surface area (Å²) in [4.78, 5) is 4.40. The van der Waals surface area contributed by atoms with Crippen LogP contribution < -0.4 is 5.73 Å². The predicted molar refractivity (Wildman–Crippen MR) is 75.6 cm³/mol. The van der Waals surface area contributed by atoms with Crippen LogP contribution in [0, 0.1) is 0 Å². The number of halogens is 1. The van der Waals surface area contributed by atoms with E-state index in [9.17, 15) is 0 Å². The summed E-state index contributed by atoms with van der Waals surface area (Å²) in [5.41, 5.74) is 9.26. The Kier molecular flexibility index (Phi) is 2.80. The number of fused-ring (bicyclic) bond motifs is 1. The molecule has 1 heterocycles. The highest BCUT2D eigenvalue weighted by atomic mass is 35.5. The van der Waals surface area contributed by atoms with Crippen LogP contribution in [0.25, 0.3) is 0 Å². The number of nitrogens with zero attached hydrogens (tertiary/aromatic N) is 1. The molecule has 0 saturated carbocycles. The third kappa shape index (κ3) is 2.00. The maximum absolute atomic E-state index is 6.09. The first-order chi connectivity index (χ1) is 8.74. The highest BCUT2D eigenvalue weighted by Gasteiger charge is 2.23. The molecule has 2 aromatic carbocycles. The van der Waals surface area contributed by atoms with Crippen molar-refractivity contribution in [2.24, 2.45) is 10.7 Å². The van der Waals surface area contributed by atoms with Crippen molar-refractivity contribution in [3.05, 3.63) is 64.7 Å². The number of amidine groups is 1. The molecule has 0 amide bonds. The maximum Gasteiger partial charge on any atom is 0.101 e. The zero-order valence-corrected chi connectivity index (χ0v) is 10.6. The fourth-order valence-corrected chi connectivity index (χ4v) is 2.59. The van der Waals surface area contributed by atoms with Gasteiger partial charge in [-0.1, -0.05) is 41.9 Å². The lowest BCUT2D eigenvalue weighted by atomic mass is 9.85. The second-order valence-electron chi connectivity index (χ2n) is 4.47. The first-order valence-corrected chi connectivity index (χ1v) is 6.29. The second-order valence-corrected chi connectivity index (χ2v) is 4.91. The molecule has 1 aliphatic rings. The minimum absolute atomic E-state index is 0.248. The van der Waals surface area contributed by atoms with Crippen LogP contribution in [0.3, 0.4) is 0 Å². The molecule has 0 radical (unpaired) electrons. The van der Waals surface area contributed by atoms with Gasteiger partial charge in [0.2, 0.25) is 0 Å². The molecular weight excluding hydrogens is 244 g/mol. The van der Waals surface area contributed by atoms with E-state index in [1.54, 1.807) is 0 Å². The molecule has 0 aromatic heterocycles. The number of hydrogen-bond acceptors (Lipinski definition) is 2. The lowest BCUT2D eigenvalue weighted by Crippen LogP contribution is -2.20. The smallest absolute Gasteiger partial charge is 0.101 e. The van der Waals surface area contributed by atoms with Gasteiger partial charge in [0.1, 0.15) is 5.84 Å². The van der Waals surface area contributed by atoms with E-state index in [0.29, 0.717) is 5.84 Å². The van der Waals surface area contributed by atoms with Crippen molar-refractivity contribution in [2.75, 3.05) is 0 Å². The van der Waals surface area contributed by atoms with Gasteiger partial charge in [-0.2, -0.15) is 0 Å². The molecule has 18 heavy (non-hydrogen) atoms. The molecule has 3 heteroatoms. The summed E-state index contributed by atoms with van der Waals surface area (Å²) in [7, 11) is 0. The van der Waals surface area contributed by atoms with Gasteiger partial charge in [-0.15, -0.1) is 0 Å². The third-order valence-corrected chi connectivity index (χ3v) is 3.48. The minimum Gasteiger partial charge on any atom is -0.387 e. The molecule has 2 N–H and O–H groups in total. The third-order valence-electron chi connectivity index (χ3n) is 3.24. The Morgan fingerprint density at radius 1 is 1.11 bits per heavy atom. The van der Waals surface area contributed by atoms with Crippen LogP contribution in [-0.4, -0.2) is 5.84 Å². The standard InChI is InChI=1S/C15H13ClN2/c16-11-6-7-14-13(8-11)12(9-15(17)18-14)10-4-2-1-3-5-10/h1-8,12H,9H2,(H2,17,18). The largest absolute Gasteiger partial charge is 0.387 e. The number of rotatable bonds is 1. The molecule has 3 rings (SSSR count). The summed E-state index contributed by atoms with van der Waals surface area (Å²) in [6, 6.07) is 16.1. The Morgan fingerprint density at radius 2 is 1.89 bits per heavy atom. The molecule has 2 aromatic rings. The molecular formula is C15H13ClN2. The molecule has 0 spiro atoms. The van der Waals surface area contributed by atoms with Crippen molar-refractivity contribution in [1.82, 2.24) is 0 Å². The molecule has 0 saturated heterocycles. The Hall–Kier alpha value is -1.80. The van der Waals surface area contributed by atoms with Crippen molar-refractivity contribution in [1.29, 1.82) is 0 Å². The summed E-state index contributed by atoms with van der Waals surface area (Å²) in [5, 5.41) is 0.741. The first kappa shape index (κ1) is 11.3. The van der Waals surface area contributed by atoms with E-state index < -0.39 is 0 Å². The molecule has 1 aliphatic heterocycles. The number of benzene rings is 2. The zero-order valence-electron chi connectivity index (χ0n) is 9.81. The van der Waals surface area contributed by atoms with Crippen LogP contribution in [0.4, 0.5) is 5.69 Å². The van der Waals surface area contributed by atoms with E-state index in [1.807, 2.05) is 36.4 Å². The summed E-state index contributed by atoms with van der Waals surface area (Å²) in [6.45, 7) is 0. The van der Waals surface area contributed by atoms with E-state index in [-0.39, 0.29) is 5.92 Å². The second kappa shape index (κ2) is 4.46. The monoisotopic (exact) mass is 256 g/mol. The average Bonchev–Trinajstić information content (AvgIpc) is 2.39.